The van der Waals surface area contributed by atoms with Crippen molar-refractivity contribution < 1.29 is 4.79 Å². The average Bonchev–Trinajstić information content (AvgIpc) is 3.14. The fourth-order valence-electron chi connectivity index (χ4n) is 3.41. The highest BCUT2D eigenvalue weighted by atomic mass is 16.1. The Morgan fingerprint density at radius 1 is 1.06 bits per heavy atom. The van der Waals surface area contributed by atoms with Crippen LogP contribution in [0.5, 0.6) is 0 Å². The summed E-state index contributed by atoms with van der Waals surface area (Å²) in [5.74, 6) is 2.72. The van der Waals surface area contributed by atoms with Gasteiger partial charge in [0.25, 0.3) is 0 Å². The number of hydrogen-bond acceptors (Lipinski definition) is 1. The molecule has 0 heterocycles. The molecule has 3 unspecified atom stereocenters. The second kappa shape index (κ2) is 4.64. The molecule has 3 rings (SSSR count). The molecule has 2 saturated carbocycles. The first-order chi connectivity index (χ1) is 8.34. The van der Waals surface area contributed by atoms with Crippen molar-refractivity contribution >= 4 is 5.78 Å². The van der Waals surface area contributed by atoms with Crippen molar-refractivity contribution in [3.05, 3.63) is 35.9 Å². The smallest absolute Gasteiger partial charge is 0.133 e. The molecule has 2 aliphatic rings. The summed E-state index contributed by atoms with van der Waals surface area (Å²) in [6, 6.07) is 10.8. The molecule has 2 fully saturated rings. The first-order valence-corrected chi connectivity index (χ1v) is 6.91. The number of carbonyl (C=O) groups is 1. The van der Waals surface area contributed by atoms with Crippen molar-refractivity contribution in [3.8, 4) is 0 Å². The van der Waals surface area contributed by atoms with E-state index in [0.29, 0.717) is 11.7 Å². The molecule has 90 valence electrons. The highest BCUT2D eigenvalue weighted by molar-refractivity contribution is 5.78. The van der Waals surface area contributed by atoms with Crippen LogP contribution in [0.1, 0.15) is 50.0 Å². The number of carbonyl (C=O) groups excluding carboxylic acids is 1. The lowest BCUT2D eigenvalue weighted by Crippen LogP contribution is -2.08. The van der Waals surface area contributed by atoms with Crippen molar-refractivity contribution in [2.45, 2.75) is 44.4 Å². The van der Waals surface area contributed by atoms with Crippen molar-refractivity contribution in [1.29, 1.82) is 0 Å². The lowest BCUT2D eigenvalue weighted by atomic mass is 9.92. The zero-order valence-corrected chi connectivity index (χ0v) is 10.3. The van der Waals surface area contributed by atoms with Crippen LogP contribution in [0.2, 0.25) is 0 Å². The Kier molecular flexibility index (Phi) is 3.00. The van der Waals surface area contributed by atoms with Gasteiger partial charge >= 0.3 is 0 Å². The molecule has 0 aliphatic heterocycles. The van der Waals surface area contributed by atoms with E-state index < -0.39 is 0 Å². The van der Waals surface area contributed by atoms with Crippen LogP contribution in [0.3, 0.4) is 0 Å². The Bertz CT molecular complexity index is 395. The third-order valence-corrected chi connectivity index (χ3v) is 4.44. The van der Waals surface area contributed by atoms with Crippen molar-refractivity contribution in [1.82, 2.24) is 0 Å². The summed E-state index contributed by atoms with van der Waals surface area (Å²) >= 11 is 0. The molecule has 1 nitrogen and oxygen atoms in total. The highest BCUT2D eigenvalue weighted by Crippen LogP contribution is 2.54. The van der Waals surface area contributed by atoms with Gasteiger partial charge in [-0.25, -0.2) is 0 Å². The van der Waals surface area contributed by atoms with E-state index >= 15 is 0 Å². The van der Waals surface area contributed by atoms with Gasteiger partial charge in [0.15, 0.2) is 0 Å². The fourth-order valence-corrected chi connectivity index (χ4v) is 3.41. The normalized spacial score (nSPS) is 33.2. The van der Waals surface area contributed by atoms with E-state index in [4.69, 9.17) is 0 Å². The lowest BCUT2D eigenvalue weighted by molar-refractivity contribution is -0.119. The molecule has 0 bridgehead atoms. The Balaban J connectivity index is 1.66. The van der Waals surface area contributed by atoms with Gasteiger partial charge < -0.3 is 0 Å². The second-order valence-electron chi connectivity index (χ2n) is 5.67. The maximum absolute atomic E-state index is 11.7. The molecule has 0 saturated heterocycles. The van der Waals surface area contributed by atoms with Gasteiger partial charge in [-0.15, -0.1) is 0 Å². The van der Waals surface area contributed by atoms with Gasteiger partial charge in [-0.2, -0.15) is 0 Å². The molecular weight excluding hydrogens is 208 g/mol. The maximum Gasteiger partial charge on any atom is 0.133 e. The molecule has 1 aromatic carbocycles. The summed E-state index contributed by atoms with van der Waals surface area (Å²) in [6.45, 7) is 0. The zero-order valence-electron chi connectivity index (χ0n) is 10.3. The Hall–Kier alpha value is -1.11. The van der Waals surface area contributed by atoms with Crippen molar-refractivity contribution in [3.63, 3.8) is 0 Å². The van der Waals surface area contributed by atoms with E-state index in [9.17, 15) is 4.79 Å². The SMILES string of the molecule is O=C1CCCCC(C2CC2c2ccccc2)C1. The van der Waals surface area contributed by atoms with Crippen LogP contribution in [0.15, 0.2) is 30.3 Å². The van der Waals surface area contributed by atoms with Crippen LogP contribution in [-0.4, -0.2) is 5.78 Å². The minimum atomic E-state index is 0.506. The number of benzene rings is 1. The third kappa shape index (κ3) is 2.43. The summed E-state index contributed by atoms with van der Waals surface area (Å²) in [6.07, 6.45) is 6.65. The number of ketones is 1. The number of Topliss-reactive ketones (excluding diaryl/α,β-unsaturated/α-hetero) is 1. The molecule has 0 amide bonds. The zero-order chi connectivity index (χ0) is 11.7. The molecule has 1 aromatic rings. The average molecular weight is 228 g/mol. The minimum absolute atomic E-state index is 0.506. The van der Waals surface area contributed by atoms with E-state index in [-0.39, 0.29) is 0 Å². The van der Waals surface area contributed by atoms with Gasteiger partial charge in [-0.1, -0.05) is 36.8 Å². The second-order valence-corrected chi connectivity index (χ2v) is 5.67. The first kappa shape index (κ1) is 11.0. The van der Waals surface area contributed by atoms with E-state index in [1.807, 2.05) is 0 Å². The maximum atomic E-state index is 11.7. The van der Waals surface area contributed by atoms with Crippen LogP contribution in [0.4, 0.5) is 0 Å². The van der Waals surface area contributed by atoms with Gasteiger partial charge in [0.2, 0.25) is 0 Å². The van der Waals surface area contributed by atoms with E-state index in [2.05, 4.69) is 30.3 Å². The standard InChI is InChI=1S/C16H20O/c17-14-9-5-4-8-13(10-14)16-11-15(16)12-6-2-1-3-7-12/h1-3,6-7,13,15-16H,4-5,8-11H2. The molecule has 17 heavy (non-hydrogen) atoms. The van der Waals surface area contributed by atoms with Gasteiger partial charge in [-0.05, 0) is 42.6 Å². The lowest BCUT2D eigenvalue weighted by Gasteiger charge is -2.12. The summed E-state index contributed by atoms with van der Waals surface area (Å²) in [5.41, 5.74) is 1.48. The van der Waals surface area contributed by atoms with Crippen LogP contribution >= 0.6 is 0 Å². The predicted molar refractivity (Wildman–Crippen MR) is 68.9 cm³/mol. The fraction of sp³-hybridized carbons (Fsp3) is 0.562. The third-order valence-electron chi connectivity index (χ3n) is 4.44. The molecule has 0 radical (unpaired) electrons. The molecule has 0 aromatic heterocycles. The molecule has 0 N–H and O–H groups in total. The van der Waals surface area contributed by atoms with Gasteiger partial charge in [0, 0.05) is 12.8 Å². The van der Waals surface area contributed by atoms with E-state index in [1.165, 1.54) is 24.8 Å². The van der Waals surface area contributed by atoms with Crippen molar-refractivity contribution in [2.75, 3.05) is 0 Å². The molecular formula is C16H20O. The summed E-state index contributed by atoms with van der Waals surface area (Å²) in [4.78, 5) is 11.7. The van der Waals surface area contributed by atoms with Crippen LogP contribution in [0.25, 0.3) is 0 Å². The Morgan fingerprint density at radius 3 is 2.71 bits per heavy atom. The van der Waals surface area contributed by atoms with E-state index in [0.717, 1.165) is 31.1 Å². The van der Waals surface area contributed by atoms with E-state index in [1.54, 1.807) is 0 Å². The monoisotopic (exact) mass is 228 g/mol. The Morgan fingerprint density at radius 2 is 1.88 bits per heavy atom. The van der Waals surface area contributed by atoms with Crippen LogP contribution in [0, 0.1) is 11.8 Å². The molecule has 2 aliphatic carbocycles. The molecule has 0 spiro atoms. The summed E-state index contributed by atoms with van der Waals surface area (Å²) in [5, 5.41) is 0. The predicted octanol–water partition coefficient (Wildman–Crippen LogP) is 3.94. The number of hydrogen-bond donors (Lipinski definition) is 0. The quantitative estimate of drug-likeness (QED) is 0.701. The van der Waals surface area contributed by atoms with Gasteiger partial charge in [0.1, 0.15) is 5.78 Å². The Labute approximate surface area is 103 Å². The van der Waals surface area contributed by atoms with Crippen LogP contribution in [-0.2, 0) is 4.79 Å². The summed E-state index contributed by atoms with van der Waals surface area (Å²) in [7, 11) is 0. The van der Waals surface area contributed by atoms with Gasteiger partial charge in [0.05, 0.1) is 0 Å². The minimum Gasteiger partial charge on any atom is -0.300 e. The molecule has 1 heteroatoms. The summed E-state index contributed by atoms with van der Waals surface area (Å²) < 4.78 is 0. The molecule has 3 atom stereocenters. The highest BCUT2D eigenvalue weighted by Gasteiger charge is 2.44. The largest absolute Gasteiger partial charge is 0.300 e. The van der Waals surface area contributed by atoms with Crippen molar-refractivity contribution in [2.24, 2.45) is 11.8 Å². The first-order valence-electron chi connectivity index (χ1n) is 6.91. The van der Waals surface area contributed by atoms with Gasteiger partial charge in [-0.3, -0.25) is 4.79 Å². The van der Waals surface area contributed by atoms with Crippen LogP contribution < -0.4 is 0 Å². The topological polar surface area (TPSA) is 17.1 Å². The number of rotatable bonds is 2.